The molecular formula is C20H17N3O5. The summed E-state index contributed by atoms with van der Waals surface area (Å²) in [5.74, 6) is 1.05. The molecule has 0 aliphatic heterocycles. The number of methoxy groups -OCH3 is 1. The summed E-state index contributed by atoms with van der Waals surface area (Å²) in [7, 11) is 1.52. The molecule has 1 amide bonds. The minimum Gasteiger partial charge on any atom is -0.497 e. The fourth-order valence-electron chi connectivity index (χ4n) is 2.54. The molecule has 0 aliphatic carbocycles. The number of carbonyl (C=O) groups is 1. The highest BCUT2D eigenvalue weighted by molar-refractivity contribution is 5.95. The van der Waals surface area contributed by atoms with E-state index in [4.69, 9.17) is 9.15 Å². The van der Waals surface area contributed by atoms with Gasteiger partial charge in [-0.1, -0.05) is 12.1 Å². The second kappa shape index (κ2) is 8.17. The molecule has 28 heavy (non-hydrogen) atoms. The highest BCUT2D eigenvalue weighted by Gasteiger charge is 2.13. The minimum absolute atomic E-state index is 0.0160. The summed E-state index contributed by atoms with van der Waals surface area (Å²) >= 11 is 0. The van der Waals surface area contributed by atoms with Gasteiger partial charge in [0.2, 0.25) is 0 Å². The van der Waals surface area contributed by atoms with E-state index in [1.165, 1.54) is 25.5 Å². The molecule has 1 aromatic heterocycles. The number of carbonyl (C=O) groups excluding carboxylic acids is 1. The van der Waals surface area contributed by atoms with Crippen LogP contribution in [0.4, 0.5) is 5.69 Å². The zero-order valence-corrected chi connectivity index (χ0v) is 15.2. The predicted octanol–water partition coefficient (Wildman–Crippen LogP) is 3.94. The summed E-state index contributed by atoms with van der Waals surface area (Å²) in [5.41, 5.74) is 4.26. The summed E-state index contributed by atoms with van der Waals surface area (Å²) in [6.45, 7) is 1.84. The first-order valence-electron chi connectivity index (χ1n) is 8.30. The van der Waals surface area contributed by atoms with E-state index in [-0.39, 0.29) is 5.69 Å². The van der Waals surface area contributed by atoms with Crippen molar-refractivity contribution in [3.63, 3.8) is 0 Å². The fourth-order valence-corrected chi connectivity index (χ4v) is 2.54. The number of aryl methyl sites for hydroxylation is 1. The summed E-state index contributed by atoms with van der Waals surface area (Å²) in [4.78, 5) is 22.6. The highest BCUT2D eigenvalue weighted by atomic mass is 16.6. The van der Waals surface area contributed by atoms with Gasteiger partial charge in [0.05, 0.1) is 18.2 Å². The number of hydrogen-bond acceptors (Lipinski definition) is 6. The second-order valence-corrected chi connectivity index (χ2v) is 5.89. The van der Waals surface area contributed by atoms with E-state index in [0.29, 0.717) is 28.4 Å². The maximum Gasteiger partial charge on any atom is 0.271 e. The van der Waals surface area contributed by atoms with E-state index in [9.17, 15) is 14.9 Å². The quantitative estimate of drug-likeness (QED) is 0.397. The predicted molar refractivity (Wildman–Crippen MR) is 104 cm³/mol. The van der Waals surface area contributed by atoms with Crippen molar-refractivity contribution in [3.05, 3.63) is 81.6 Å². The van der Waals surface area contributed by atoms with Gasteiger partial charge in [-0.15, -0.1) is 0 Å². The Hall–Kier alpha value is -3.94. The van der Waals surface area contributed by atoms with Crippen molar-refractivity contribution in [1.29, 1.82) is 0 Å². The van der Waals surface area contributed by atoms with Gasteiger partial charge in [0.1, 0.15) is 17.3 Å². The van der Waals surface area contributed by atoms with Gasteiger partial charge < -0.3 is 9.15 Å². The number of nitro groups is 1. The average Bonchev–Trinajstić information content (AvgIpc) is 3.16. The smallest absolute Gasteiger partial charge is 0.271 e. The molecule has 3 rings (SSSR count). The molecule has 0 atom stereocenters. The monoisotopic (exact) mass is 379 g/mol. The number of amides is 1. The van der Waals surface area contributed by atoms with Crippen LogP contribution in [0.5, 0.6) is 5.75 Å². The summed E-state index contributed by atoms with van der Waals surface area (Å²) in [6, 6.07) is 14.6. The number of ether oxygens (including phenoxy) is 1. The van der Waals surface area contributed by atoms with Crippen molar-refractivity contribution in [2.75, 3.05) is 7.11 Å². The molecule has 0 unspecified atom stereocenters. The van der Waals surface area contributed by atoms with Crippen LogP contribution in [0.3, 0.4) is 0 Å². The highest BCUT2D eigenvalue weighted by Crippen LogP contribution is 2.28. The molecule has 0 saturated heterocycles. The lowest BCUT2D eigenvalue weighted by Crippen LogP contribution is -2.17. The number of rotatable bonds is 6. The van der Waals surface area contributed by atoms with Crippen LogP contribution in [0, 0.1) is 17.0 Å². The summed E-state index contributed by atoms with van der Waals surface area (Å²) < 4.78 is 10.7. The first kappa shape index (κ1) is 18.8. The molecular weight excluding hydrogens is 362 g/mol. The zero-order valence-electron chi connectivity index (χ0n) is 15.2. The number of furan rings is 1. The molecule has 142 valence electrons. The molecule has 3 aromatic rings. The van der Waals surface area contributed by atoms with E-state index < -0.39 is 10.8 Å². The first-order valence-corrected chi connectivity index (χ1v) is 8.30. The number of nitro benzene ring substituents is 1. The topological polar surface area (TPSA) is 107 Å². The number of hydrazone groups is 1. The Morgan fingerprint density at radius 1 is 1.21 bits per heavy atom. The van der Waals surface area contributed by atoms with Crippen molar-refractivity contribution in [1.82, 2.24) is 5.43 Å². The van der Waals surface area contributed by atoms with Crippen molar-refractivity contribution in [3.8, 4) is 17.1 Å². The van der Waals surface area contributed by atoms with Gasteiger partial charge in [0.15, 0.2) is 0 Å². The molecule has 0 radical (unpaired) electrons. The molecule has 0 aliphatic rings. The van der Waals surface area contributed by atoms with Crippen molar-refractivity contribution < 1.29 is 18.9 Å². The summed E-state index contributed by atoms with van der Waals surface area (Å²) in [6.07, 6.45) is 1.36. The minimum atomic E-state index is -0.456. The van der Waals surface area contributed by atoms with E-state index >= 15 is 0 Å². The third kappa shape index (κ3) is 4.24. The van der Waals surface area contributed by atoms with Gasteiger partial charge in [-0.05, 0) is 42.8 Å². The zero-order chi connectivity index (χ0) is 20.1. The Balaban J connectivity index is 1.72. The van der Waals surface area contributed by atoms with Crippen LogP contribution >= 0.6 is 0 Å². The first-order chi connectivity index (χ1) is 13.5. The van der Waals surface area contributed by atoms with Gasteiger partial charge in [0, 0.05) is 23.3 Å². The number of benzene rings is 2. The van der Waals surface area contributed by atoms with Gasteiger partial charge in [-0.2, -0.15) is 5.10 Å². The maximum atomic E-state index is 12.1. The number of nitrogens with zero attached hydrogens (tertiary/aromatic N) is 2. The third-order valence-electron chi connectivity index (χ3n) is 4.01. The Morgan fingerprint density at radius 2 is 2.04 bits per heavy atom. The van der Waals surface area contributed by atoms with Crippen LogP contribution in [0.1, 0.15) is 21.7 Å². The van der Waals surface area contributed by atoms with Crippen LogP contribution in [0.2, 0.25) is 0 Å². The molecule has 2 aromatic carbocycles. The largest absolute Gasteiger partial charge is 0.497 e. The molecule has 1 N–H and O–H groups in total. The van der Waals surface area contributed by atoms with Gasteiger partial charge in [-0.25, -0.2) is 5.43 Å². The second-order valence-electron chi connectivity index (χ2n) is 5.89. The Kier molecular flexibility index (Phi) is 5.50. The molecule has 8 heteroatoms. The molecule has 0 saturated carbocycles. The molecule has 0 fully saturated rings. The van der Waals surface area contributed by atoms with Crippen LogP contribution in [-0.4, -0.2) is 24.2 Å². The number of hydrogen-bond donors (Lipinski definition) is 1. The Morgan fingerprint density at radius 3 is 2.79 bits per heavy atom. The molecule has 0 bridgehead atoms. The van der Waals surface area contributed by atoms with Crippen LogP contribution in [-0.2, 0) is 0 Å². The Labute approximate surface area is 160 Å². The number of nitrogens with one attached hydrogen (secondary N) is 1. The van der Waals surface area contributed by atoms with Crippen molar-refractivity contribution in [2.45, 2.75) is 6.92 Å². The van der Waals surface area contributed by atoms with Crippen molar-refractivity contribution in [2.24, 2.45) is 5.10 Å². The van der Waals surface area contributed by atoms with Gasteiger partial charge in [-0.3, -0.25) is 14.9 Å². The SMILES string of the molecule is COc1cccc(C(=O)N/N=C\c2ccc(-c3cc([N+](=O)[O-])ccc3C)o2)c1. The number of non-ortho nitro benzene ring substituents is 1. The Bertz CT molecular complexity index is 1060. The van der Waals surface area contributed by atoms with Crippen LogP contribution < -0.4 is 10.2 Å². The lowest BCUT2D eigenvalue weighted by molar-refractivity contribution is -0.384. The fraction of sp³-hybridized carbons (Fsp3) is 0.100. The van der Waals surface area contributed by atoms with E-state index in [0.717, 1.165) is 5.56 Å². The standard InChI is InChI=1S/C20H17N3O5/c1-13-6-7-15(23(25)26)11-18(13)19-9-8-17(28-19)12-21-22-20(24)14-4-3-5-16(10-14)27-2/h3-12H,1-2H3,(H,22,24)/b21-12-. The lowest BCUT2D eigenvalue weighted by atomic mass is 10.1. The van der Waals surface area contributed by atoms with Gasteiger partial charge >= 0.3 is 0 Å². The van der Waals surface area contributed by atoms with E-state index in [1.54, 1.807) is 42.5 Å². The molecule has 0 spiro atoms. The summed E-state index contributed by atoms with van der Waals surface area (Å²) in [5, 5.41) is 14.9. The third-order valence-corrected chi connectivity index (χ3v) is 4.01. The normalized spacial score (nSPS) is 10.8. The average molecular weight is 379 g/mol. The van der Waals surface area contributed by atoms with E-state index in [2.05, 4.69) is 10.5 Å². The maximum absolute atomic E-state index is 12.1. The molecule has 1 heterocycles. The van der Waals surface area contributed by atoms with Crippen LogP contribution in [0.25, 0.3) is 11.3 Å². The molecule has 8 nitrogen and oxygen atoms in total. The lowest BCUT2D eigenvalue weighted by Gasteiger charge is -2.03. The van der Waals surface area contributed by atoms with Gasteiger partial charge in [0.25, 0.3) is 11.6 Å². The van der Waals surface area contributed by atoms with E-state index in [1.807, 2.05) is 6.92 Å². The van der Waals surface area contributed by atoms with Crippen molar-refractivity contribution >= 4 is 17.8 Å². The van der Waals surface area contributed by atoms with Crippen LogP contribution in [0.15, 0.2) is 64.1 Å².